The Bertz CT molecular complexity index is 661. The fraction of sp³-hybridized carbons (Fsp3) is 0.412. The summed E-state index contributed by atoms with van der Waals surface area (Å²) in [5.74, 6) is -1.68. The van der Waals surface area contributed by atoms with Crippen LogP contribution in [0.2, 0.25) is 0 Å². The summed E-state index contributed by atoms with van der Waals surface area (Å²) in [5.41, 5.74) is 2.25. The summed E-state index contributed by atoms with van der Waals surface area (Å²) in [7, 11) is 0. The monoisotopic (exact) mass is 301 g/mol. The predicted molar refractivity (Wildman–Crippen MR) is 83.0 cm³/mol. The molecular formula is C17H21N2O3-. The second-order valence-electron chi connectivity index (χ2n) is 5.82. The number of hydrogen-bond acceptors (Lipinski definition) is 3. The molecule has 0 saturated heterocycles. The van der Waals surface area contributed by atoms with E-state index in [1.165, 1.54) is 5.56 Å². The normalized spacial score (nSPS) is 12.5. The van der Waals surface area contributed by atoms with Gasteiger partial charge in [0.2, 0.25) is 5.91 Å². The molecule has 0 unspecified atom stereocenters. The highest BCUT2D eigenvalue weighted by molar-refractivity contribution is 5.84. The van der Waals surface area contributed by atoms with E-state index in [1.54, 1.807) is 13.8 Å². The first-order chi connectivity index (χ1) is 10.5. The molecule has 0 aliphatic rings. The molecule has 2 N–H and O–H groups in total. The van der Waals surface area contributed by atoms with Crippen molar-refractivity contribution < 1.29 is 14.7 Å². The third kappa shape index (κ3) is 3.87. The molecule has 5 heteroatoms. The molecule has 5 nitrogen and oxygen atoms in total. The van der Waals surface area contributed by atoms with E-state index >= 15 is 0 Å². The Morgan fingerprint density at radius 3 is 2.68 bits per heavy atom. The number of fused-ring (bicyclic) bond motifs is 1. The van der Waals surface area contributed by atoms with Crippen LogP contribution in [0.5, 0.6) is 0 Å². The topological polar surface area (TPSA) is 85.0 Å². The van der Waals surface area contributed by atoms with Crippen molar-refractivity contribution in [2.24, 2.45) is 5.92 Å². The molecule has 0 bridgehead atoms. The first kappa shape index (κ1) is 16.1. The average Bonchev–Trinajstić information content (AvgIpc) is 2.88. The Morgan fingerprint density at radius 2 is 2.00 bits per heavy atom. The van der Waals surface area contributed by atoms with Gasteiger partial charge >= 0.3 is 0 Å². The highest BCUT2D eigenvalue weighted by Crippen LogP contribution is 2.19. The number of nitrogens with one attached hydrogen (secondary N) is 2. The van der Waals surface area contributed by atoms with Gasteiger partial charge in [-0.05, 0) is 30.4 Å². The van der Waals surface area contributed by atoms with Crippen molar-refractivity contribution in [1.82, 2.24) is 10.3 Å². The maximum absolute atomic E-state index is 11.8. The molecule has 2 rings (SSSR count). The summed E-state index contributed by atoms with van der Waals surface area (Å²) in [6, 6.07) is 7.09. The van der Waals surface area contributed by atoms with Gasteiger partial charge in [-0.3, -0.25) is 4.79 Å². The SMILES string of the molecule is CC(C)[C@H](NC(=O)CCCc1c[nH]c2ccccc12)C(=O)[O-]. The molecule has 0 saturated carbocycles. The van der Waals surface area contributed by atoms with E-state index in [0.717, 1.165) is 17.3 Å². The molecule has 0 aliphatic heterocycles. The Balaban J connectivity index is 1.85. The minimum atomic E-state index is -1.24. The number of para-hydroxylation sites is 1. The van der Waals surface area contributed by atoms with Gasteiger partial charge in [0.05, 0.1) is 12.0 Å². The molecule has 0 radical (unpaired) electrons. The fourth-order valence-corrected chi connectivity index (χ4v) is 2.52. The second kappa shape index (κ2) is 7.11. The fourth-order valence-electron chi connectivity index (χ4n) is 2.52. The largest absolute Gasteiger partial charge is 0.548 e. The predicted octanol–water partition coefficient (Wildman–Crippen LogP) is 1.38. The van der Waals surface area contributed by atoms with Crippen molar-refractivity contribution in [1.29, 1.82) is 0 Å². The number of amides is 1. The van der Waals surface area contributed by atoms with Gasteiger partial charge in [-0.2, -0.15) is 0 Å². The van der Waals surface area contributed by atoms with E-state index < -0.39 is 12.0 Å². The number of benzene rings is 1. The molecule has 1 atom stereocenters. The van der Waals surface area contributed by atoms with E-state index in [2.05, 4.69) is 10.3 Å². The van der Waals surface area contributed by atoms with E-state index in [-0.39, 0.29) is 11.8 Å². The zero-order chi connectivity index (χ0) is 16.1. The van der Waals surface area contributed by atoms with E-state index in [4.69, 9.17) is 0 Å². The van der Waals surface area contributed by atoms with E-state index in [9.17, 15) is 14.7 Å². The van der Waals surface area contributed by atoms with Crippen molar-refractivity contribution in [2.75, 3.05) is 0 Å². The summed E-state index contributed by atoms with van der Waals surface area (Å²) < 4.78 is 0. The highest BCUT2D eigenvalue weighted by Gasteiger charge is 2.17. The maximum Gasteiger partial charge on any atom is 0.220 e. The molecule has 1 aromatic heterocycles. The smallest absolute Gasteiger partial charge is 0.220 e. The standard InChI is InChI=1S/C17H22N2O3/c1-11(2)16(17(21)22)19-15(20)9-5-6-12-10-18-14-8-4-3-7-13(12)14/h3-4,7-8,10-11,16,18H,5-6,9H2,1-2H3,(H,19,20)(H,21,22)/p-1/t16-/m0/s1. The van der Waals surface area contributed by atoms with E-state index in [0.29, 0.717) is 12.8 Å². The summed E-state index contributed by atoms with van der Waals surface area (Å²) >= 11 is 0. The Labute approximate surface area is 129 Å². The van der Waals surface area contributed by atoms with Crippen LogP contribution in [-0.2, 0) is 16.0 Å². The molecular weight excluding hydrogens is 280 g/mol. The number of carboxylic acid groups (broad SMARTS) is 1. The summed E-state index contributed by atoms with van der Waals surface area (Å²) in [6.07, 6.45) is 3.71. The molecule has 1 heterocycles. The van der Waals surface area contributed by atoms with Gasteiger partial charge in [0.15, 0.2) is 0 Å². The van der Waals surface area contributed by atoms with Gasteiger partial charge in [-0.25, -0.2) is 0 Å². The summed E-state index contributed by atoms with van der Waals surface area (Å²) in [4.78, 5) is 26.0. The number of H-pyrrole nitrogens is 1. The van der Waals surface area contributed by atoms with Crippen molar-refractivity contribution in [2.45, 2.75) is 39.2 Å². The lowest BCUT2D eigenvalue weighted by molar-refractivity contribution is -0.309. The minimum absolute atomic E-state index is 0.192. The molecule has 2 aromatic rings. The van der Waals surface area contributed by atoms with Crippen LogP contribution < -0.4 is 10.4 Å². The van der Waals surface area contributed by atoms with Crippen LogP contribution in [0.3, 0.4) is 0 Å². The van der Waals surface area contributed by atoms with Crippen LogP contribution in [-0.4, -0.2) is 22.9 Å². The van der Waals surface area contributed by atoms with Crippen molar-refractivity contribution in [3.8, 4) is 0 Å². The lowest BCUT2D eigenvalue weighted by atomic mass is 10.0. The van der Waals surface area contributed by atoms with Crippen molar-refractivity contribution in [3.05, 3.63) is 36.0 Å². The van der Waals surface area contributed by atoms with Crippen LogP contribution in [0, 0.1) is 5.92 Å². The number of carbonyl (C=O) groups excluding carboxylic acids is 2. The third-order valence-corrected chi connectivity index (χ3v) is 3.76. The van der Waals surface area contributed by atoms with Crippen LogP contribution in [0.25, 0.3) is 10.9 Å². The molecule has 0 aliphatic carbocycles. The molecule has 0 fully saturated rings. The van der Waals surface area contributed by atoms with Crippen LogP contribution in [0.4, 0.5) is 0 Å². The van der Waals surface area contributed by atoms with E-state index in [1.807, 2.05) is 30.5 Å². The number of hydrogen-bond donors (Lipinski definition) is 2. The quantitative estimate of drug-likeness (QED) is 0.810. The van der Waals surface area contributed by atoms with Crippen LogP contribution in [0.1, 0.15) is 32.3 Å². The van der Waals surface area contributed by atoms with Gasteiger partial charge in [-0.15, -0.1) is 0 Å². The number of aliphatic carboxylic acids is 1. The number of aromatic amines is 1. The zero-order valence-electron chi connectivity index (χ0n) is 12.9. The zero-order valence-corrected chi connectivity index (χ0v) is 12.9. The van der Waals surface area contributed by atoms with Crippen molar-refractivity contribution in [3.63, 3.8) is 0 Å². The summed E-state index contributed by atoms with van der Waals surface area (Å²) in [6.45, 7) is 3.49. The van der Waals surface area contributed by atoms with Crippen LogP contribution in [0.15, 0.2) is 30.5 Å². The molecule has 22 heavy (non-hydrogen) atoms. The van der Waals surface area contributed by atoms with Gasteiger partial charge in [0, 0.05) is 23.5 Å². The number of carbonyl (C=O) groups is 2. The van der Waals surface area contributed by atoms with Crippen molar-refractivity contribution >= 4 is 22.8 Å². The number of carboxylic acids is 1. The minimum Gasteiger partial charge on any atom is -0.548 e. The first-order valence-electron chi connectivity index (χ1n) is 7.54. The van der Waals surface area contributed by atoms with Crippen LogP contribution >= 0.6 is 0 Å². The third-order valence-electron chi connectivity index (χ3n) is 3.76. The molecule has 118 valence electrons. The highest BCUT2D eigenvalue weighted by atomic mass is 16.4. The summed E-state index contributed by atoms with van der Waals surface area (Å²) in [5, 5.41) is 14.6. The number of aromatic nitrogens is 1. The van der Waals surface area contributed by atoms with Gasteiger partial charge in [0.25, 0.3) is 0 Å². The Kier molecular flexibility index (Phi) is 5.20. The number of rotatable bonds is 7. The number of aryl methyl sites for hydroxylation is 1. The lowest BCUT2D eigenvalue weighted by Crippen LogP contribution is -2.50. The Morgan fingerprint density at radius 1 is 1.27 bits per heavy atom. The average molecular weight is 301 g/mol. The molecule has 0 spiro atoms. The maximum atomic E-state index is 11.8. The molecule has 1 amide bonds. The lowest BCUT2D eigenvalue weighted by Gasteiger charge is -2.23. The second-order valence-corrected chi connectivity index (χ2v) is 5.82. The van der Waals surface area contributed by atoms with Gasteiger partial charge < -0.3 is 20.2 Å². The molecule has 1 aromatic carbocycles. The van der Waals surface area contributed by atoms with Gasteiger partial charge in [0.1, 0.15) is 0 Å². The Hall–Kier alpha value is -2.30. The van der Waals surface area contributed by atoms with Gasteiger partial charge in [-0.1, -0.05) is 32.0 Å². The first-order valence-corrected chi connectivity index (χ1v) is 7.54.